The molecule has 0 unspecified atom stereocenters. The lowest BCUT2D eigenvalue weighted by atomic mass is 9.92. The minimum Gasteiger partial charge on any atom is -0.493 e. The van der Waals surface area contributed by atoms with E-state index in [1.165, 1.54) is 0 Å². The van der Waals surface area contributed by atoms with Gasteiger partial charge in [0.05, 0.1) is 24.2 Å². The number of benzene rings is 1. The van der Waals surface area contributed by atoms with Gasteiger partial charge in [-0.2, -0.15) is 0 Å². The van der Waals surface area contributed by atoms with Crippen molar-refractivity contribution in [2.75, 3.05) is 19.7 Å². The molecule has 0 radical (unpaired) electrons. The van der Waals surface area contributed by atoms with Crippen LogP contribution in [0.5, 0.6) is 5.75 Å². The van der Waals surface area contributed by atoms with E-state index >= 15 is 0 Å². The van der Waals surface area contributed by atoms with E-state index in [4.69, 9.17) is 10.5 Å². The summed E-state index contributed by atoms with van der Waals surface area (Å²) in [5.41, 5.74) is 7.10. The van der Waals surface area contributed by atoms with Gasteiger partial charge in [-0.15, -0.1) is 0 Å². The third-order valence-electron chi connectivity index (χ3n) is 3.98. The normalized spacial score (nSPS) is 15.8. The fourth-order valence-corrected chi connectivity index (χ4v) is 2.84. The van der Waals surface area contributed by atoms with Crippen LogP contribution in [0.25, 0.3) is 10.9 Å². The average molecular weight is 300 g/mol. The third-order valence-corrected chi connectivity index (χ3v) is 3.98. The van der Waals surface area contributed by atoms with Gasteiger partial charge in [-0.25, -0.2) is 9.97 Å². The van der Waals surface area contributed by atoms with Crippen molar-refractivity contribution in [1.82, 2.24) is 15.3 Å². The Balaban J connectivity index is 1.82. The van der Waals surface area contributed by atoms with E-state index in [9.17, 15) is 4.79 Å². The molecular formula is C16H20N4O2. The van der Waals surface area contributed by atoms with Gasteiger partial charge in [-0.3, -0.25) is 4.79 Å². The van der Waals surface area contributed by atoms with Crippen molar-refractivity contribution in [3.63, 3.8) is 0 Å². The van der Waals surface area contributed by atoms with Crippen LogP contribution in [0.2, 0.25) is 0 Å². The maximum Gasteiger partial charge on any atom is 0.220 e. The van der Waals surface area contributed by atoms with Gasteiger partial charge in [0.15, 0.2) is 0 Å². The minimum atomic E-state index is -0.365. The van der Waals surface area contributed by atoms with Gasteiger partial charge in [0.2, 0.25) is 5.91 Å². The van der Waals surface area contributed by atoms with Gasteiger partial charge in [0, 0.05) is 17.4 Å². The summed E-state index contributed by atoms with van der Waals surface area (Å²) >= 11 is 0. The second-order valence-corrected chi connectivity index (χ2v) is 5.53. The van der Waals surface area contributed by atoms with Crippen LogP contribution in [-0.2, 0) is 4.79 Å². The zero-order chi connectivity index (χ0) is 15.4. The van der Waals surface area contributed by atoms with Crippen LogP contribution >= 0.6 is 0 Å². The second kappa shape index (κ2) is 6.70. The summed E-state index contributed by atoms with van der Waals surface area (Å²) < 4.78 is 5.54. The predicted molar refractivity (Wildman–Crippen MR) is 83.7 cm³/mol. The second-order valence-electron chi connectivity index (χ2n) is 5.53. The number of amides is 1. The molecule has 0 spiro atoms. The van der Waals surface area contributed by atoms with E-state index in [0.29, 0.717) is 11.7 Å². The highest BCUT2D eigenvalue weighted by atomic mass is 16.5. The van der Waals surface area contributed by atoms with Gasteiger partial charge in [0.1, 0.15) is 12.1 Å². The lowest BCUT2D eigenvalue weighted by Gasteiger charge is -2.23. The smallest absolute Gasteiger partial charge is 0.220 e. The van der Waals surface area contributed by atoms with E-state index in [2.05, 4.69) is 15.3 Å². The zero-order valence-electron chi connectivity index (χ0n) is 12.4. The highest BCUT2D eigenvalue weighted by Gasteiger charge is 2.19. The van der Waals surface area contributed by atoms with E-state index in [-0.39, 0.29) is 18.9 Å². The summed E-state index contributed by atoms with van der Waals surface area (Å²) in [5, 5.41) is 4.45. The molecule has 6 nitrogen and oxygen atoms in total. The molecule has 1 aromatic carbocycles. The van der Waals surface area contributed by atoms with Crippen LogP contribution in [0, 0.1) is 0 Å². The number of fused-ring (bicyclic) bond motifs is 1. The molecule has 1 aromatic heterocycles. The summed E-state index contributed by atoms with van der Waals surface area (Å²) in [6.07, 6.45) is 4.03. The number of carbonyl (C=O) groups excluding carboxylic acids is 1. The Hall–Kier alpha value is -2.21. The lowest BCUT2D eigenvalue weighted by molar-refractivity contribution is -0.118. The minimum absolute atomic E-state index is 0.210. The average Bonchev–Trinajstić information content (AvgIpc) is 2.54. The number of nitrogens with two attached hydrogens (primary N) is 1. The molecule has 1 aliphatic heterocycles. The number of nitrogens with one attached hydrogen (secondary N) is 1. The topological polar surface area (TPSA) is 90.1 Å². The van der Waals surface area contributed by atoms with Crippen molar-refractivity contribution in [2.45, 2.75) is 25.2 Å². The Morgan fingerprint density at radius 2 is 2.14 bits per heavy atom. The number of primary amides is 1. The van der Waals surface area contributed by atoms with Crippen molar-refractivity contribution in [1.29, 1.82) is 0 Å². The molecule has 22 heavy (non-hydrogen) atoms. The molecule has 1 aliphatic rings. The SMILES string of the molecule is NC(=O)CCOc1ccc2c(C3CCNCC3)ncnc2c1. The Labute approximate surface area is 129 Å². The van der Waals surface area contributed by atoms with E-state index in [1.54, 1.807) is 6.33 Å². The first-order valence-corrected chi connectivity index (χ1v) is 7.60. The van der Waals surface area contributed by atoms with Crippen LogP contribution in [0.15, 0.2) is 24.5 Å². The summed E-state index contributed by atoms with van der Waals surface area (Å²) in [6, 6.07) is 5.80. The molecule has 1 saturated heterocycles. The zero-order valence-corrected chi connectivity index (χ0v) is 12.4. The first-order chi connectivity index (χ1) is 10.7. The molecule has 0 saturated carbocycles. The van der Waals surface area contributed by atoms with Crippen LogP contribution in [-0.4, -0.2) is 35.6 Å². The molecule has 116 valence electrons. The van der Waals surface area contributed by atoms with Gasteiger partial charge in [-0.1, -0.05) is 0 Å². The number of hydrogen-bond acceptors (Lipinski definition) is 5. The molecule has 2 aromatic rings. The first-order valence-electron chi connectivity index (χ1n) is 7.60. The molecule has 3 N–H and O–H groups in total. The van der Waals surface area contributed by atoms with Crippen molar-refractivity contribution < 1.29 is 9.53 Å². The number of piperidine rings is 1. The van der Waals surface area contributed by atoms with E-state index < -0.39 is 0 Å². The van der Waals surface area contributed by atoms with Gasteiger partial charge in [-0.05, 0) is 38.1 Å². The van der Waals surface area contributed by atoms with Gasteiger partial charge >= 0.3 is 0 Å². The Morgan fingerprint density at radius 1 is 1.32 bits per heavy atom. The maximum atomic E-state index is 10.7. The maximum absolute atomic E-state index is 10.7. The summed E-state index contributed by atoms with van der Waals surface area (Å²) in [7, 11) is 0. The molecule has 1 fully saturated rings. The number of ether oxygens (including phenoxy) is 1. The predicted octanol–water partition coefficient (Wildman–Crippen LogP) is 1.35. The molecule has 2 heterocycles. The number of rotatable bonds is 5. The van der Waals surface area contributed by atoms with Gasteiger partial charge in [0.25, 0.3) is 0 Å². The van der Waals surface area contributed by atoms with Crippen molar-refractivity contribution in [3.8, 4) is 5.75 Å². The van der Waals surface area contributed by atoms with Crippen molar-refractivity contribution in [2.24, 2.45) is 5.73 Å². The molecule has 1 amide bonds. The number of nitrogens with zero attached hydrogens (tertiary/aromatic N) is 2. The summed E-state index contributed by atoms with van der Waals surface area (Å²) in [6.45, 7) is 2.35. The molecule has 0 aliphatic carbocycles. The third kappa shape index (κ3) is 3.33. The molecule has 0 atom stereocenters. The first kappa shape index (κ1) is 14.7. The highest BCUT2D eigenvalue weighted by molar-refractivity contribution is 5.82. The molecule has 6 heteroatoms. The summed E-state index contributed by atoms with van der Waals surface area (Å²) in [4.78, 5) is 19.6. The van der Waals surface area contributed by atoms with Crippen molar-refractivity contribution in [3.05, 3.63) is 30.2 Å². The number of hydrogen-bond donors (Lipinski definition) is 2. The van der Waals surface area contributed by atoms with Gasteiger partial charge < -0.3 is 15.8 Å². The lowest BCUT2D eigenvalue weighted by Crippen LogP contribution is -2.27. The fourth-order valence-electron chi connectivity index (χ4n) is 2.84. The molecule has 0 bridgehead atoms. The Morgan fingerprint density at radius 3 is 2.91 bits per heavy atom. The Bertz CT molecular complexity index is 668. The fraction of sp³-hybridized carbons (Fsp3) is 0.438. The molecular weight excluding hydrogens is 280 g/mol. The van der Waals surface area contributed by atoms with Crippen LogP contribution < -0.4 is 15.8 Å². The van der Waals surface area contributed by atoms with E-state index in [0.717, 1.165) is 42.5 Å². The highest BCUT2D eigenvalue weighted by Crippen LogP contribution is 2.30. The quantitative estimate of drug-likeness (QED) is 0.870. The monoisotopic (exact) mass is 300 g/mol. The molecule has 3 rings (SSSR count). The number of carbonyl (C=O) groups is 1. The van der Waals surface area contributed by atoms with E-state index in [1.807, 2.05) is 18.2 Å². The number of aromatic nitrogens is 2. The standard InChI is InChI=1S/C16H20N4O2/c17-15(21)5-8-22-12-1-2-13-14(9-12)19-10-20-16(13)11-3-6-18-7-4-11/h1-2,9-11,18H,3-8H2,(H2,17,21). The summed E-state index contributed by atoms with van der Waals surface area (Å²) in [5.74, 6) is 0.813. The Kier molecular flexibility index (Phi) is 4.48. The van der Waals surface area contributed by atoms with Crippen LogP contribution in [0.4, 0.5) is 0 Å². The van der Waals surface area contributed by atoms with Crippen LogP contribution in [0.1, 0.15) is 30.9 Å². The van der Waals surface area contributed by atoms with Crippen LogP contribution in [0.3, 0.4) is 0 Å². The largest absolute Gasteiger partial charge is 0.493 e. The van der Waals surface area contributed by atoms with Crippen molar-refractivity contribution >= 4 is 16.8 Å².